The van der Waals surface area contributed by atoms with Crippen LogP contribution in [0.2, 0.25) is 0 Å². The van der Waals surface area contributed by atoms with Gasteiger partial charge in [0, 0.05) is 42.7 Å². The fourth-order valence-electron chi connectivity index (χ4n) is 3.09. The van der Waals surface area contributed by atoms with Crippen LogP contribution in [0, 0.1) is 5.41 Å². The molecule has 0 radical (unpaired) electrons. The molecule has 0 bridgehead atoms. The molecule has 1 aromatic carbocycles. The maximum Gasteiger partial charge on any atom is 0.274 e. The summed E-state index contributed by atoms with van der Waals surface area (Å²) in [6.07, 6.45) is 7.04. The highest BCUT2D eigenvalue weighted by molar-refractivity contribution is 5.94. The molecule has 2 amide bonds. The number of hydrogen-bond donors (Lipinski definition) is 4. The number of ether oxygens (including phenoxy) is 1. The molecule has 1 fully saturated rings. The Morgan fingerprint density at radius 3 is 2.81 bits per heavy atom. The molecule has 1 aromatic rings. The summed E-state index contributed by atoms with van der Waals surface area (Å²) in [5.41, 5.74) is 7.61. The van der Waals surface area contributed by atoms with Crippen molar-refractivity contribution in [2.75, 3.05) is 6.54 Å². The van der Waals surface area contributed by atoms with E-state index in [-0.39, 0.29) is 11.5 Å². The first-order valence-corrected chi connectivity index (χ1v) is 8.90. The van der Waals surface area contributed by atoms with Crippen LogP contribution in [-0.4, -0.2) is 28.5 Å². The summed E-state index contributed by atoms with van der Waals surface area (Å²) >= 11 is 0. The average Bonchev–Trinajstić information content (AvgIpc) is 3.49. The molecule has 2 aliphatic rings. The number of fused-ring (bicyclic) bond motifs is 1. The van der Waals surface area contributed by atoms with Gasteiger partial charge in [-0.05, 0) is 25.0 Å². The van der Waals surface area contributed by atoms with Gasteiger partial charge in [0.15, 0.2) is 0 Å². The quantitative estimate of drug-likeness (QED) is 0.445. The topological polar surface area (TPSA) is 117 Å². The van der Waals surface area contributed by atoms with Crippen LogP contribution >= 0.6 is 0 Å². The van der Waals surface area contributed by atoms with Crippen molar-refractivity contribution in [3.8, 4) is 5.75 Å². The Balaban J connectivity index is 1.85. The summed E-state index contributed by atoms with van der Waals surface area (Å²) in [5.74, 6) is 0.569. The van der Waals surface area contributed by atoms with Crippen molar-refractivity contribution in [3.63, 3.8) is 0 Å². The summed E-state index contributed by atoms with van der Waals surface area (Å²) in [4.78, 5) is 26.5. The summed E-state index contributed by atoms with van der Waals surface area (Å²) in [5, 5.41) is 11.9. The van der Waals surface area contributed by atoms with Crippen molar-refractivity contribution in [2.24, 2.45) is 11.1 Å². The van der Waals surface area contributed by atoms with E-state index in [2.05, 4.69) is 5.32 Å². The van der Waals surface area contributed by atoms with Crippen LogP contribution in [0.3, 0.4) is 0 Å². The van der Waals surface area contributed by atoms with Crippen LogP contribution in [0.15, 0.2) is 42.6 Å². The van der Waals surface area contributed by atoms with E-state index < -0.39 is 11.3 Å². The summed E-state index contributed by atoms with van der Waals surface area (Å²) < 4.78 is 5.92. The van der Waals surface area contributed by atoms with E-state index in [1.807, 2.05) is 6.92 Å². The molecule has 8 heteroatoms. The number of nitrogens with one attached hydrogen (secondary N) is 2. The van der Waals surface area contributed by atoms with Gasteiger partial charge in [0.25, 0.3) is 5.91 Å². The van der Waals surface area contributed by atoms with Crippen molar-refractivity contribution in [1.29, 1.82) is 0 Å². The van der Waals surface area contributed by atoms with E-state index in [0.29, 0.717) is 31.0 Å². The van der Waals surface area contributed by atoms with Crippen LogP contribution < -0.4 is 21.3 Å². The summed E-state index contributed by atoms with van der Waals surface area (Å²) in [6.45, 7) is 2.83. The van der Waals surface area contributed by atoms with Crippen molar-refractivity contribution in [3.05, 3.63) is 53.7 Å². The number of hydroxylamine groups is 1. The Bertz CT molecular complexity index is 799. The standard InChI is InChI=1S/C19H24N4O4/c1-2-15-11-23(18(25)19(5-6-19)12-21-8-7-20)10-14-4-3-13(17(24)22-26)9-16(14)27-15/h3-4,7-9,11,21,26H,2,5-6,10,12,20H2,1H3,(H,22,24)/b8-7-. The Kier molecular flexibility index (Phi) is 5.36. The first-order valence-electron chi connectivity index (χ1n) is 8.90. The highest BCUT2D eigenvalue weighted by Gasteiger charge is 2.51. The van der Waals surface area contributed by atoms with Gasteiger partial charge in [-0.2, -0.15) is 0 Å². The third-order valence-corrected chi connectivity index (χ3v) is 4.88. The molecule has 8 nitrogen and oxygen atoms in total. The lowest BCUT2D eigenvalue weighted by Crippen LogP contribution is -2.38. The fraction of sp³-hybridized carbons (Fsp3) is 0.368. The average molecular weight is 372 g/mol. The lowest BCUT2D eigenvalue weighted by atomic mass is 10.0. The molecule has 1 aliphatic heterocycles. The highest BCUT2D eigenvalue weighted by atomic mass is 16.5. The van der Waals surface area contributed by atoms with Crippen LogP contribution in [0.1, 0.15) is 42.1 Å². The predicted octanol–water partition coefficient (Wildman–Crippen LogP) is 1.58. The van der Waals surface area contributed by atoms with Gasteiger partial charge in [-0.3, -0.25) is 14.8 Å². The van der Waals surface area contributed by atoms with E-state index in [1.165, 1.54) is 6.20 Å². The molecular weight excluding hydrogens is 348 g/mol. The van der Waals surface area contributed by atoms with Crippen molar-refractivity contribution in [2.45, 2.75) is 32.7 Å². The molecule has 0 spiro atoms. The van der Waals surface area contributed by atoms with Crippen LogP contribution in [0.5, 0.6) is 5.75 Å². The molecule has 5 N–H and O–H groups in total. The molecule has 3 rings (SSSR count). The Hall–Kier alpha value is -3.00. The van der Waals surface area contributed by atoms with E-state index in [0.717, 1.165) is 18.4 Å². The zero-order valence-electron chi connectivity index (χ0n) is 15.2. The number of nitrogens with two attached hydrogens (primary N) is 1. The largest absolute Gasteiger partial charge is 0.460 e. The lowest BCUT2D eigenvalue weighted by molar-refractivity contribution is -0.134. The van der Waals surface area contributed by atoms with E-state index in [9.17, 15) is 9.59 Å². The minimum atomic E-state index is -0.614. The molecular formula is C19H24N4O4. The number of benzene rings is 1. The second-order valence-corrected chi connectivity index (χ2v) is 6.77. The zero-order chi connectivity index (χ0) is 19.4. The maximum atomic E-state index is 13.2. The van der Waals surface area contributed by atoms with E-state index >= 15 is 0 Å². The number of nitrogens with zero attached hydrogens (tertiary/aromatic N) is 1. The zero-order valence-corrected chi connectivity index (χ0v) is 15.2. The minimum Gasteiger partial charge on any atom is -0.460 e. The molecule has 27 heavy (non-hydrogen) atoms. The van der Waals surface area contributed by atoms with Gasteiger partial charge < -0.3 is 20.7 Å². The number of hydrogen-bond acceptors (Lipinski definition) is 6. The second-order valence-electron chi connectivity index (χ2n) is 6.77. The lowest BCUT2D eigenvalue weighted by Gasteiger charge is -2.23. The third-order valence-electron chi connectivity index (χ3n) is 4.88. The monoisotopic (exact) mass is 372 g/mol. The van der Waals surface area contributed by atoms with Crippen molar-refractivity contribution >= 4 is 11.8 Å². The molecule has 144 valence electrons. The van der Waals surface area contributed by atoms with Gasteiger partial charge in [-0.25, -0.2) is 5.48 Å². The number of amides is 2. The maximum absolute atomic E-state index is 13.2. The number of rotatable bonds is 6. The van der Waals surface area contributed by atoms with E-state index in [4.69, 9.17) is 15.7 Å². The minimum absolute atomic E-state index is 0.0417. The first-order chi connectivity index (χ1) is 13.0. The van der Waals surface area contributed by atoms with Gasteiger partial charge in [-0.15, -0.1) is 0 Å². The van der Waals surface area contributed by atoms with Gasteiger partial charge in [0.1, 0.15) is 11.5 Å². The van der Waals surface area contributed by atoms with Gasteiger partial charge in [0.05, 0.1) is 12.0 Å². The molecule has 0 atom stereocenters. The Morgan fingerprint density at radius 2 is 2.19 bits per heavy atom. The van der Waals surface area contributed by atoms with Crippen molar-refractivity contribution < 1.29 is 19.5 Å². The molecule has 0 aromatic heterocycles. The van der Waals surface area contributed by atoms with Crippen LogP contribution in [0.4, 0.5) is 0 Å². The van der Waals surface area contributed by atoms with Gasteiger partial charge in [-0.1, -0.05) is 13.0 Å². The second kappa shape index (κ2) is 7.71. The Morgan fingerprint density at radius 1 is 1.41 bits per heavy atom. The summed E-state index contributed by atoms with van der Waals surface area (Å²) in [7, 11) is 0. The highest BCUT2D eigenvalue weighted by Crippen LogP contribution is 2.47. The molecule has 1 saturated carbocycles. The van der Waals surface area contributed by atoms with Gasteiger partial charge in [0.2, 0.25) is 5.91 Å². The van der Waals surface area contributed by atoms with Gasteiger partial charge >= 0.3 is 0 Å². The molecule has 0 unspecified atom stereocenters. The van der Waals surface area contributed by atoms with Crippen LogP contribution in [-0.2, 0) is 11.3 Å². The molecule has 0 saturated heterocycles. The SMILES string of the molecule is CCC1=CN(C(=O)C2(CN/C=C\N)CC2)Cc2ccc(C(=O)NO)cc2O1. The number of carbonyl (C=O) groups excluding carboxylic acids is 2. The number of allylic oxidation sites excluding steroid dienone is 1. The normalized spacial score (nSPS) is 17.4. The summed E-state index contributed by atoms with van der Waals surface area (Å²) in [6, 6.07) is 4.90. The van der Waals surface area contributed by atoms with Crippen LogP contribution in [0.25, 0.3) is 0 Å². The number of carbonyl (C=O) groups is 2. The third kappa shape index (κ3) is 3.90. The first kappa shape index (κ1) is 18.8. The molecule has 1 aliphatic carbocycles. The predicted molar refractivity (Wildman–Crippen MR) is 98.2 cm³/mol. The Labute approximate surface area is 157 Å². The van der Waals surface area contributed by atoms with Crippen molar-refractivity contribution in [1.82, 2.24) is 15.7 Å². The fourth-order valence-corrected chi connectivity index (χ4v) is 3.09. The smallest absolute Gasteiger partial charge is 0.274 e. The van der Waals surface area contributed by atoms with E-state index in [1.54, 1.807) is 41.0 Å². The molecule has 1 heterocycles.